The summed E-state index contributed by atoms with van der Waals surface area (Å²) in [6, 6.07) is -0.690. The molecule has 1 atom stereocenters. The van der Waals surface area contributed by atoms with Gasteiger partial charge in [0.25, 0.3) is 0 Å². The Kier molecular flexibility index (Phi) is 7.18. The number of hydrogen-bond acceptors (Lipinski definition) is 2. The number of carboxylic acids is 1. The fraction of sp³-hybridized carbons (Fsp3) is 0.833. The van der Waals surface area contributed by atoms with E-state index in [0.717, 1.165) is 0 Å². The first kappa shape index (κ1) is 12.6. The first-order valence-electron chi connectivity index (χ1n) is 3.02. The van der Waals surface area contributed by atoms with Gasteiger partial charge in [-0.15, -0.1) is 0 Å². The SMILES string of the molecule is CC(C)CC(N)C(=O)O.[Co]. The van der Waals surface area contributed by atoms with Crippen molar-refractivity contribution in [1.82, 2.24) is 0 Å². The monoisotopic (exact) mass is 190 g/mol. The molecule has 0 aromatic heterocycles. The number of hydrogen-bond donors (Lipinski definition) is 2. The zero-order chi connectivity index (χ0) is 7.44. The number of nitrogens with two attached hydrogens (primary N) is 1. The molecule has 3 N–H and O–H groups in total. The van der Waals surface area contributed by atoms with Gasteiger partial charge in [0, 0.05) is 16.8 Å². The summed E-state index contributed by atoms with van der Waals surface area (Å²) in [4.78, 5) is 10.1. The Morgan fingerprint density at radius 2 is 2.00 bits per heavy atom. The topological polar surface area (TPSA) is 63.3 Å². The molecule has 0 aliphatic heterocycles. The molecule has 63 valence electrons. The van der Waals surface area contributed by atoms with E-state index in [-0.39, 0.29) is 16.8 Å². The van der Waals surface area contributed by atoms with E-state index in [4.69, 9.17) is 10.8 Å². The molecule has 0 fully saturated rings. The van der Waals surface area contributed by atoms with Gasteiger partial charge in [-0.25, -0.2) is 0 Å². The van der Waals surface area contributed by atoms with Crippen molar-refractivity contribution >= 4 is 5.97 Å². The summed E-state index contributed by atoms with van der Waals surface area (Å²) in [6.45, 7) is 3.89. The van der Waals surface area contributed by atoms with E-state index >= 15 is 0 Å². The Morgan fingerprint density at radius 3 is 2.10 bits per heavy atom. The smallest absolute Gasteiger partial charge is 0.320 e. The molecule has 0 aromatic carbocycles. The molecule has 1 radical (unpaired) electrons. The molecular weight excluding hydrogens is 177 g/mol. The molecule has 0 aliphatic rings. The third-order valence-electron chi connectivity index (χ3n) is 1.04. The molecule has 0 heterocycles. The van der Waals surface area contributed by atoms with Crippen LogP contribution in [0.25, 0.3) is 0 Å². The van der Waals surface area contributed by atoms with Crippen LogP contribution in [0.4, 0.5) is 0 Å². The van der Waals surface area contributed by atoms with Crippen LogP contribution in [0.1, 0.15) is 20.3 Å². The van der Waals surface area contributed by atoms with Crippen LogP contribution in [0.15, 0.2) is 0 Å². The van der Waals surface area contributed by atoms with E-state index in [1.807, 2.05) is 13.8 Å². The summed E-state index contributed by atoms with van der Waals surface area (Å²) in [5.74, 6) is -0.556. The van der Waals surface area contributed by atoms with Crippen molar-refractivity contribution < 1.29 is 26.7 Å². The predicted octanol–water partition coefficient (Wildman–Crippen LogP) is 0.442. The second-order valence-electron chi connectivity index (χ2n) is 2.57. The number of carboxylic acid groups (broad SMARTS) is 1. The number of carbonyl (C=O) groups is 1. The summed E-state index contributed by atoms with van der Waals surface area (Å²) >= 11 is 0. The summed E-state index contributed by atoms with van der Waals surface area (Å²) in [6.07, 6.45) is 0.551. The van der Waals surface area contributed by atoms with Gasteiger partial charge in [0.1, 0.15) is 6.04 Å². The normalized spacial score (nSPS) is 12.4. The Hall–Kier alpha value is -0.0635. The molecule has 0 bridgehead atoms. The Balaban J connectivity index is 0. The van der Waals surface area contributed by atoms with Crippen LogP contribution < -0.4 is 5.73 Å². The Labute approximate surface area is 71.2 Å². The first-order chi connectivity index (χ1) is 4.04. The van der Waals surface area contributed by atoms with Gasteiger partial charge < -0.3 is 10.8 Å². The standard InChI is InChI=1S/C6H13NO2.Co/c1-4(2)3-5(7)6(8)9;/h4-5H,3,7H2,1-2H3,(H,8,9);. The summed E-state index contributed by atoms with van der Waals surface area (Å²) in [5.41, 5.74) is 5.22. The van der Waals surface area contributed by atoms with Gasteiger partial charge in [-0.1, -0.05) is 13.8 Å². The molecular formula is C6H13CoNO2. The van der Waals surface area contributed by atoms with Gasteiger partial charge in [0.2, 0.25) is 0 Å². The quantitative estimate of drug-likeness (QED) is 0.678. The predicted molar refractivity (Wildman–Crippen MR) is 35.1 cm³/mol. The largest absolute Gasteiger partial charge is 0.480 e. The third kappa shape index (κ3) is 6.06. The first-order valence-corrected chi connectivity index (χ1v) is 3.02. The molecule has 0 amide bonds. The molecule has 10 heavy (non-hydrogen) atoms. The van der Waals surface area contributed by atoms with Crippen LogP contribution in [0.2, 0.25) is 0 Å². The van der Waals surface area contributed by atoms with Gasteiger partial charge in [-0.05, 0) is 12.3 Å². The molecule has 0 saturated carbocycles. The molecule has 0 spiro atoms. The molecule has 3 nitrogen and oxygen atoms in total. The van der Waals surface area contributed by atoms with Crippen LogP contribution in [-0.4, -0.2) is 17.1 Å². The second kappa shape index (κ2) is 5.70. The molecule has 0 saturated heterocycles. The molecule has 0 rings (SSSR count). The van der Waals surface area contributed by atoms with Crippen molar-refractivity contribution in [3.05, 3.63) is 0 Å². The van der Waals surface area contributed by atoms with Crippen LogP contribution in [0, 0.1) is 5.92 Å². The molecule has 0 aromatic rings. The second-order valence-corrected chi connectivity index (χ2v) is 2.57. The van der Waals surface area contributed by atoms with E-state index < -0.39 is 12.0 Å². The van der Waals surface area contributed by atoms with Crippen molar-refractivity contribution in [2.45, 2.75) is 26.3 Å². The van der Waals surface area contributed by atoms with Crippen molar-refractivity contribution in [1.29, 1.82) is 0 Å². The summed E-state index contributed by atoms with van der Waals surface area (Å²) in [5, 5.41) is 8.31. The van der Waals surface area contributed by atoms with Gasteiger partial charge in [-0.2, -0.15) is 0 Å². The maximum Gasteiger partial charge on any atom is 0.320 e. The van der Waals surface area contributed by atoms with E-state index in [1.165, 1.54) is 0 Å². The minimum Gasteiger partial charge on any atom is -0.480 e. The summed E-state index contributed by atoms with van der Waals surface area (Å²) < 4.78 is 0. The van der Waals surface area contributed by atoms with Crippen molar-refractivity contribution in [3.8, 4) is 0 Å². The van der Waals surface area contributed by atoms with Crippen molar-refractivity contribution in [3.63, 3.8) is 0 Å². The maximum atomic E-state index is 10.1. The van der Waals surface area contributed by atoms with Crippen molar-refractivity contribution in [2.24, 2.45) is 11.7 Å². The minimum absolute atomic E-state index is 0. The van der Waals surface area contributed by atoms with Gasteiger partial charge in [0.05, 0.1) is 0 Å². The van der Waals surface area contributed by atoms with Gasteiger partial charge in [0.15, 0.2) is 0 Å². The zero-order valence-corrected chi connectivity index (χ0v) is 7.17. The van der Waals surface area contributed by atoms with E-state index in [9.17, 15) is 4.79 Å². The van der Waals surface area contributed by atoms with E-state index in [1.54, 1.807) is 0 Å². The fourth-order valence-electron chi connectivity index (χ4n) is 0.609. The van der Waals surface area contributed by atoms with Crippen LogP contribution >= 0.6 is 0 Å². The Morgan fingerprint density at radius 1 is 1.60 bits per heavy atom. The van der Waals surface area contributed by atoms with Gasteiger partial charge >= 0.3 is 5.97 Å². The molecule has 4 heteroatoms. The van der Waals surface area contributed by atoms with E-state index in [0.29, 0.717) is 12.3 Å². The maximum absolute atomic E-state index is 10.1. The average Bonchev–Trinajstić information content (AvgIpc) is 1.63. The summed E-state index contributed by atoms with van der Waals surface area (Å²) in [7, 11) is 0. The zero-order valence-electron chi connectivity index (χ0n) is 6.13. The van der Waals surface area contributed by atoms with Gasteiger partial charge in [-0.3, -0.25) is 4.79 Å². The molecule has 0 aliphatic carbocycles. The average molecular weight is 190 g/mol. The third-order valence-corrected chi connectivity index (χ3v) is 1.04. The van der Waals surface area contributed by atoms with Crippen LogP contribution in [-0.2, 0) is 21.6 Å². The fourth-order valence-corrected chi connectivity index (χ4v) is 0.609. The van der Waals surface area contributed by atoms with E-state index in [2.05, 4.69) is 0 Å². The minimum atomic E-state index is -0.913. The van der Waals surface area contributed by atoms with Crippen molar-refractivity contribution in [2.75, 3.05) is 0 Å². The van der Waals surface area contributed by atoms with Crippen LogP contribution in [0.5, 0.6) is 0 Å². The Bertz CT molecular complexity index is 106. The molecule has 1 unspecified atom stereocenters. The number of aliphatic carboxylic acids is 1. The number of rotatable bonds is 3. The van der Waals surface area contributed by atoms with Crippen LogP contribution in [0.3, 0.4) is 0 Å².